The van der Waals surface area contributed by atoms with E-state index < -0.39 is 0 Å². The Labute approximate surface area is 104 Å². The molecule has 1 aliphatic carbocycles. The van der Waals surface area contributed by atoms with E-state index in [1.54, 1.807) is 0 Å². The summed E-state index contributed by atoms with van der Waals surface area (Å²) in [5.41, 5.74) is 0. The SMILES string of the molecule is C1=C\CC/C=C\CC/1.[Br-].[Br-].[Pt+2]. The minimum absolute atomic E-state index is 0. The molecule has 0 saturated carbocycles. The van der Waals surface area contributed by atoms with Crippen LogP contribution in [-0.4, -0.2) is 0 Å². The van der Waals surface area contributed by atoms with E-state index >= 15 is 0 Å². The average Bonchev–Trinajstić information content (AvgIpc) is 1.62. The van der Waals surface area contributed by atoms with Gasteiger partial charge in [0.05, 0.1) is 0 Å². The molecule has 0 aromatic carbocycles. The topological polar surface area (TPSA) is 0 Å². The molecule has 11 heavy (non-hydrogen) atoms. The Balaban J connectivity index is -0.000000213. The molecule has 0 N–H and O–H groups in total. The Morgan fingerprint density at radius 3 is 0.909 bits per heavy atom. The van der Waals surface area contributed by atoms with Crippen molar-refractivity contribution in [1.29, 1.82) is 0 Å². The van der Waals surface area contributed by atoms with Gasteiger partial charge in [0.1, 0.15) is 0 Å². The third-order valence-electron chi connectivity index (χ3n) is 1.33. The van der Waals surface area contributed by atoms with Gasteiger partial charge in [-0.05, 0) is 25.7 Å². The van der Waals surface area contributed by atoms with Crippen molar-refractivity contribution in [2.45, 2.75) is 25.7 Å². The molecule has 0 unspecified atom stereocenters. The van der Waals surface area contributed by atoms with Crippen LogP contribution in [0.1, 0.15) is 25.7 Å². The first kappa shape index (κ1) is 18.0. The first-order chi connectivity index (χ1) is 4.00. The average molecular weight is 463 g/mol. The summed E-state index contributed by atoms with van der Waals surface area (Å²) in [6.07, 6.45) is 14.0. The maximum atomic E-state index is 2.27. The predicted octanol–water partition coefficient (Wildman–Crippen LogP) is -3.32. The Morgan fingerprint density at radius 2 is 0.727 bits per heavy atom. The molecule has 0 spiro atoms. The summed E-state index contributed by atoms with van der Waals surface area (Å²) in [5, 5.41) is 0. The monoisotopic (exact) mass is 461 g/mol. The van der Waals surface area contributed by atoms with Crippen LogP contribution in [0.4, 0.5) is 0 Å². The molecule has 1 aliphatic rings. The van der Waals surface area contributed by atoms with E-state index in [1.807, 2.05) is 0 Å². The van der Waals surface area contributed by atoms with Crippen molar-refractivity contribution in [2.24, 2.45) is 0 Å². The summed E-state index contributed by atoms with van der Waals surface area (Å²) >= 11 is 0. The van der Waals surface area contributed by atoms with E-state index in [-0.39, 0.29) is 55.0 Å². The predicted molar refractivity (Wildman–Crippen MR) is 36.7 cm³/mol. The normalized spacial score (nSPS) is 20.4. The molecule has 0 heterocycles. The summed E-state index contributed by atoms with van der Waals surface area (Å²) < 4.78 is 0. The molecule has 68 valence electrons. The van der Waals surface area contributed by atoms with E-state index in [0.717, 1.165) is 0 Å². The Morgan fingerprint density at radius 1 is 0.545 bits per heavy atom. The van der Waals surface area contributed by atoms with Crippen molar-refractivity contribution in [1.82, 2.24) is 0 Å². The zero-order valence-electron chi connectivity index (χ0n) is 6.21. The summed E-state index contributed by atoms with van der Waals surface area (Å²) in [6.45, 7) is 0. The molecule has 0 aromatic rings. The van der Waals surface area contributed by atoms with E-state index in [1.165, 1.54) is 25.7 Å². The van der Waals surface area contributed by atoms with E-state index in [9.17, 15) is 0 Å². The number of allylic oxidation sites excluding steroid dienone is 4. The molecule has 0 saturated heterocycles. The summed E-state index contributed by atoms with van der Waals surface area (Å²) in [5.74, 6) is 0. The molecule has 0 amide bonds. The standard InChI is InChI=1S/C8H12.2BrH.Pt/c1-2-4-6-8-7-5-3-1;;;/h1-2,7-8H,3-6H2;2*1H;/q;;;+2/p-2/b2-1-,8-7-;;;. The summed E-state index contributed by atoms with van der Waals surface area (Å²) in [6, 6.07) is 0. The molecule has 1 rings (SSSR count). The smallest absolute Gasteiger partial charge is 1.00 e. The van der Waals surface area contributed by atoms with Crippen molar-refractivity contribution in [2.75, 3.05) is 0 Å². The Bertz CT molecular complexity index is 84.7. The van der Waals surface area contributed by atoms with Gasteiger partial charge in [-0.25, -0.2) is 0 Å². The van der Waals surface area contributed by atoms with Crippen LogP contribution in [-0.2, 0) is 21.1 Å². The van der Waals surface area contributed by atoms with Gasteiger partial charge in [-0.3, -0.25) is 0 Å². The Kier molecular flexibility index (Phi) is 22.4. The van der Waals surface area contributed by atoms with Crippen LogP contribution >= 0.6 is 0 Å². The fraction of sp³-hybridized carbons (Fsp3) is 0.500. The number of hydrogen-bond donors (Lipinski definition) is 0. The quantitative estimate of drug-likeness (QED) is 0.331. The van der Waals surface area contributed by atoms with E-state index in [4.69, 9.17) is 0 Å². The molecule has 0 fully saturated rings. The number of halogens is 2. The van der Waals surface area contributed by atoms with Crippen LogP contribution in [0, 0.1) is 0 Å². The van der Waals surface area contributed by atoms with Crippen molar-refractivity contribution >= 4 is 0 Å². The third-order valence-corrected chi connectivity index (χ3v) is 1.33. The molecular weight excluding hydrogens is 451 g/mol. The molecule has 0 radical (unpaired) electrons. The molecule has 0 aromatic heterocycles. The van der Waals surface area contributed by atoms with Crippen LogP contribution in [0.5, 0.6) is 0 Å². The van der Waals surface area contributed by atoms with Gasteiger partial charge in [-0.1, -0.05) is 24.3 Å². The van der Waals surface area contributed by atoms with Gasteiger partial charge in [-0.2, -0.15) is 0 Å². The largest absolute Gasteiger partial charge is 2.00 e. The minimum Gasteiger partial charge on any atom is -1.00 e. The van der Waals surface area contributed by atoms with Gasteiger partial charge >= 0.3 is 21.1 Å². The molecule has 0 bridgehead atoms. The van der Waals surface area contributed by atoms with Gasteiger partial charge in [0, 0.05) is 0 Å². The summed E-state index contributed by atoms with van der Waals surface area (Å²) in [4.78, 5) is 0. The van der Waals surface area contributed by atoms with Gasteiger partial charge < -0.3 is 34.0 Å². The molecule has 3 heteroatoms. The Hall–Kier alpha value is 1.13. The maximum absolute atomic E-state index is 2.27. The number of hydrogen-bond acceptors (Lipinski definition) is 0. The van der Waals surface area contributed by atoms with Gasteiger partial charge in [0.15, 0.2) is 0 Å². The fourth-order valence-corrected chi connectivity index (χ4v) is 0.856. The van der Waals surface area contributed by atoms with Gasteiger partial charge in [0.25, 0.3) is 0 Å². The minimum atomic E-state index is 0. The summed E-state index contributed by atoms with van der Waals surface area (Å²) in [7, 11) is 0. The molecule has 0 nitrogen and oxygen atoms in total. The van der Waals surface area contributed by atoms with Crippen LogP contribution in [0.2, 0.25) is 0 Å². The zero-order valence-corrected chi connectivity index (χ0v) is 11.7. The van der Waals surface area contributed by atoms with E-state index in [2.05, 4.69) is 24.3 Å². The van der Waals surface area contributed by atoms with Crippen molar-refractivity contribution in [3.05, 3.63) is 24.3 Å². The maximum Gasteiger partial charge on any atom is 2.00 e. The van der Waals surface area contributed by atoms with Crippen molar-refractivity contribution in [3.8, 4) is 0 Å². The molecule has 0 atom stereocenters. The first-order valence-corrected chi connectivity index (χ1v) is 3.30. The van der Waals surface area contributed by atoms with Crippen LogP contribution < -0.4 is 34.0 Å². The van der Waals surface area contributed by atoms with Crippen LogP contribution in [0.15, 0.2) is 24.3 Å². The van der Waals surface area contributed by atoms with Gasteiger partial charge in [0.2, 0.25) is 0 Å². The number of rotatable bonds is 0. The first-order valence-electron chi connectivity index (χ1n) is 3.30. The second kappa shape index (κ2) is 13.7. The van der Waals surface area contributed by atoms with Crippen molar-refractivity contribution in [3.63, 3.8) is 0 Å². The second-order valence-electron chi connectivity index (χ2n) is 2.10. The fourth-order valence-electron chi connectivity index (χ4n) is 0.856. The third kappa shape index (κ3) is 11.1. The van der Waals surface area contributed by atoms with E-state index in [0.29, 0.717) is 0 Å². The molecule has 0 aliphatic heterocycles. The zero-order chi connectivity index (χ0) is 5.66. The van der Waals surface area contributed by atoms with Gasteiger partial charge in [-0.15, -0.1) is 0 Å². The second-order valence-corrected chi connectivity index (χ2v) is 2.10. The van der Waals surface area contributed by atoms with Crippen molar-refractivity contribution < 1.29 is 55.0 Å². The van der Waals surface area contributed by atoms with Crippen LogP contribution in [0.3, 0.4) is 0 Å². The van der Waals surface area contributed by atoms with Crippen LogP contribution in [0.25, 0.3) is 0 Å². The molecular formula is C8H12Br2Pt.